The fourth-order valence-corrected chi connectivity index (χ4v) is 1.86. The first-order chi connectivity index (χ1) is 6.86. The van der Waals surface area contributed by atoms with Crippen LogP contribution in [0.3, 0.4) is 0 Å². The molecule has 0 radical (unpaired) electrons. The van der Waals surface area contributed by atoms with Crippen molar-refractivity contribution in [3.8, 4) is 6.07 Å². The first-order valence-electron chi connectivity index (χ1n) is 5.57. The second-order valence-corrected chi connectivity index (χ2v) is 3.80. The minimum absolute atomic E-state index is 0.496. The van der Waals surface area contributed by atoms with Gasteiger partial charge in [0.05, 0.1) is 18.7 Å². The molecule has 0 aromatic heterocycles. The number of rotatable bonds is 6. The van der Waals surface area contributed by atoms with E-state index >= 15 is 0 Å². The Bertz CT molecular complexity index is 182. The Morgan fingerprint density at radius 1 is 1.57 bits per heavy atom. The third kappa shape index (κ3) is 4.08. The number of nitriles is 1. The van der Waals surface area contributed by atoms with Gasteiger partial charge in [-0.3, -0.25) is 4.90 Å². The van der Waals surface area contributed by atoms with Crippen LogP contribution in [0, 0.1) is 11.3 Å². The maximum atomic E-state index is 8.56. The Morgan fingerprint density at radius 2 is 2.43 bits per heavy atom. The second-order valence-electron chi connectivity index (χ2n) is 3.80. The van der Waals surface area contributed by atoms with Crippen LogP contribution in [0.2, 0.25) is 0 Å². The molecule has 0 aliphatic carbocycles. The van der Waals surface area contributed by atoms with Crippen LogP contribution in [0.25, 0.3) is 0 Å². The highest BCUT2D eigenvalue weighted by Gasteiger charge is 2.14. The van der Waals surface area contributed by atoms with Crippen molar-refractivity contribution in [1.29, 1.82) is 5.26 Å². The van der Waals surface area contributed by atoms with Crippen LogP contribution >= 0.6 is 0 Å². The Balaban J connectivity index is 2.03. The minimum Gasteiger partial charge on any atom is -0.378 e. The molecule has 1 heterocycles. The summed E-state index contributed by atoms with van der Waals surface area (Å²) in [5.74, 6) is 0. The van der Waals surface area contributed by atoms with E-state index in [2.05, 4.69) is 17.9 Å². The molecule has 0 aromatic rings. The summed E-state index contributed by atoms with van der Waals surface area (Å²) in [5, 5.41) is 8.56. The van der Waals surface area contributed by atoms with Crippen LogP contribution in [0.5, 0.6) is 0 Å². The average molecular weight is 196 g/mol. The van der Waals surface area contributed by atoms with Gasteiger partial charge in [-0.1, -0.05) is 6.92 Å². The molecular formula is C11H20N2O. The van der Waals surface area contributed by atoms with E-state index in [-0.39, 0.29) is 0 Å². The van der Waals surface area contributed by atoms with E-state index in [0.717, 1.165) is 32.5 Å². The molecule has 0 saturated carbocycles. The summed E-state index contributed by atoms with van der Waals surface area (Å²) in [6.07, 6.45) is 5.25. The quantitative estimate of drug-likeness (QED) is 0.608. The van der Waals surface area contributed by atoms with E-state index in [1.807, 2.05) is 0 Å². The highest BCUT2D eigenvalue weighted by molar-refractivity contribution is 4.76. The number of nitrogens with zero attached hydrogens (tertiary/aromatic N) is 2. The number of hydrogen-bond acceptors (Lipinski definition) is 3. The van der Waals surface area contributed by atoms with Gasteiger partial charge in [0, 0.05) is 6.61 Å². The fraction of sp³-hybridized carbons (Fsp3) is 0.909. The molecule has 1 aliphatic heterocycles. The first-order valence-corrected chi connectivity index (χ1v) is 5.57. The van der Waals surface area contributed by atoms with Gasteiger partial charge < -0.3 is 4.74 Å². The van der Waals surface area contributed by atoms with Crippen molar-refractivity contribution < 1.29 is 4.74 Å². The maximum Gasteiger partial charge on any atom is 0.0865 e. The van der Waals surface area contributed by atoms with Crippen LogP contribution in [-0.2, 0) is 4.74 Å². The van der Waals surface area contributed by atoms with E-state index in [9.17, 15) is 0 Å². The molecule has 80 valence electrons. The standard InChI is InChI=1S/C11H20N2O/c1-2-13(9-7-12)8-3-5-11-6-4-10-14-11/h11H,2-6,8-10H2,1H3. The zero-order chi connectivity index (χ0) is 10.2. The van der Waals surface area contributed by atoms with E-state index in [4.69, 9.17) is 10.00 Å². The Morgan fingerprint density at radius 3 is 3.00 bits per heavy atom. The minimum atomic E-state index is 0.496. The van der Waals surface area contributed by atoms with Gasteiger partial charge in [0.2, 0.25) is 0 Å². The van der Waals surface area contributed by atoms with Gasteiger partial charge in [0.25, 0.3) is 0 Å². The molecule has 14 heavy (non-hydrogen) atoms. The zero-order valence-corrected chi connectivity index (χ0v) is 9.04. The highest BCUT2D eigenvalue weighted by atomic mass is 16.5. The highest BCUT2D eigenvalue weighted by Crippen LogP contribution is 2.16. The molecule has 0 bridgehead atoms. The molecule has 3 heteroatoms. The number of ether oxygens (including phenoxy) is 1. The van der Waals surface area contributed by atoms with Crippen molar-refractivity contribution in [2.45, 2.75) is 38.7 Å². The van der Waals surface area contributed by atoms with Crippen LogP contribution < -0.4 is 0 Å². The summed E-state index contributed by atoms with van der Waals surface area (Å²) >= 11 is 0. The van der Waals surface area contributed by atoms with Crippen molar-refractivity contribution in [3.63, 3.8) is 0 Å². The Kier molecular flexibility index (Phi) is 5.58. The van der Waals surface area contributed by atoms with Crippen LogP contribution in [0.4, 0.5) is 0 Å². The SMILES string of the molecule is CCN(CC#N)CCCC1CCCO1. The molecule has 1 unspecified atom stereocenters. The molecule has 3 nitrogen and oxygen atoms in total. The lowest BCUT2D eigenvalue weighted by molar-refractivity contribution is 0.0994. The molecule has 0 amide bonds. The van der Waals surface area contributed by atoms with Crippen LogP contribution in [0.15, 0.2) is 0 Å². The molecule has 1 aliphatic rings. The summed E-state index contributed by atoms with van der Waals surface area (Å²) in [6.45, 7) is 5.61. The molecule has 0 aromatic carbocycles. The van der Waals surface area contributed by atoms with Gasteiger partial charge in [0.1, 0.15) is 0 Å². The van der Waals surface area contributed by atoms with Crippen LogP contribution in [0.1, 0.15) is 32.6 Å². The molecular weight excluding hydrogens is 176 g/mol. The normalized spacial score (nSPS) is 21.4. The summed E-state index contributed by atoms with van der Waals surface area (Å²) in [6, 6.07) is 2.19. The first kappa shape index (κ1) is 11.5. The van der Waals surface area contributed by atoms with E-state index in [1.54, 1.807) is 0 Å². The van der Waals surface area contributed by atoms with Crippen LogP contribution in [-0.4, -0.2) is 37.2 Å². The molecule has 1 saturated heterocycles. The van der Waals surface area contributed by atoms with Crippen molar-refractivity contribution in [2.24, 2.45) is 0 Å². The van der Waals surface area contributed by atoms with E-state index < -0.39 is 0 Å². The largest absolute Gasteiger partial charge is 0.378 e. The summed E-state index contributed by atoms with van der Waals surface area (Å²) in [7, 11) is 0. The summed E-state index contributed by atoms with van der Waals surface area (Å²) in [5.41, 5.74) is 0. The maximum absolute atomic E-state index is 8.56. The number of hydrogen-bond donors (Lipinski definition) is 0. The van der Waals surface area contributed by atoms with Gasteiger partial charge in [-0.05, 0) is 38.8 Å². The Hall–Kier alpha value is -0.590. The van der Waals surface area contributed by atoms with Crippen molar-refractivity contribution in [2.75, 3.05) is 26.2 Å². The molecule has 1 fully saturated rings. The predicted molar refractivity (Wildman–Crippen MR) is 55.9 cm³/mol. The second kappa shape index (κ2) is 6.80. The molecule has 0 spiro atoms. The lowest BCUT2D eigenvalue weighted by Gasteiger charge is -2.17. The predicted octanol–water partition coefficient (Wildman–Crippen LogP) is 1.79. The van der Waals surface area contributed by atoms with E-state index in [1.165, 1.54) is 12.8 Å². The lowest BCUT2D eigenvalue weighted by Crippen LogP contribution is -2.25. The molecule has 1 rings (SSSR count). The van der Waals surface area contributed by atoms with Crippen molar-refractivity contribution in [3.05, 3.63) is 0 Å². The van der Waals surface area contributed by atoms with Crippen molar-refractivity contribution >= 4 is 0 Å². The summed E-state index contributed by atoms with van der Waals surface area (Å²) in [4.78, 5) is 2.18. The van der Waals surface area contributed by atoms with Gasteiger partial charge >= 0.3 is 0 Å². The molecule has 1 atom stereocenters. The van der Waals surface area contributed by atoms with Crippen molar-refractivity contribution in [1.82, 2.24) is 4.90 Å². The van der Waals surface area contributed by atoms with Gasteiger partial charge in [0.15, 0.2) is 0 Å². The zero-order valence-electron chi connectivity index (χ0n) is 9.04. The summed E-state index contributed by atoms with van der Waals surface area (Å²) < 4.78 is 5.54. The lowest BCUT2D eigenvalue weighted by atomic mass is 10.1. The van der Waals surface area contributed by atoms with E-state index in [0.29, 0.717) is 12.6 Å². The Labute approximate surface area is 86.6 Å². The van der Waals surface area contributed by atoms with Gasteiger partial charge in [-0.25, -0.2) is 0 Å². The third-order valence-electron chi connectivity index (χ3n) is 2.77. The fourth-order valence-electron chi connectivity index (χ4n) is 1.86. The topological polar surface area (TPSA) is 36.3 Å². The monoisotopic (exact) mass is 196 g/mol. The smallest absolute Gasteiger partial charge is 0.0865 e. The van der Waals surface area contributed by atoms with Gasteiger partial charge in [-0.15, -0.1) is 0 Å². The average Bonchev–Trinajstić information content (AvgIpc) is 2.69. The third-order valence-corrected chi connectivity index (χ3v) is 2.77. The van der Waals surface area contributed by atoms with Gasteiger partial charge in [-0.2, -0.15) is 5.26 Å². The molecule has 0 N–H and O–H groups in total.